The van der Waals surface area contributed by atoms with Gasteiger partial charge < -0.3 is 4.57 Å². The van der Waals surface area contributed by atoms with E-state index in [1.54, 1.807) is 24.3 Å². The molecule has 1 aliphatic rings. The van der Waals surface area contributed by atoms with Crippen molar-refractivity contribution in [2.24, 2.45) is 0 Å². The number of ketones is 2. The van der Waals surface area contributed by atoms with E-state index in [9.17, 15) is 9.59 Å². The number of nitrogens with zero attached hydrogens (tertiary/aromatic N) is 1. The third-order valence-electron chi connectivity index (χ3n) is 3.78. The Bertz CT molecular complexity index is 685. The molecule has 20 heavy (non-hydrogen) atoms. The highest BCUT2D eigenvalue weighted by Gasteiger charge is 2.35. The van der Waals surface area contributed by atoms with Crippen LogP contribution in [-0.2, 0) is 6.54 Å². The van der Waals surface area contributed by atoms with Gasteiger partial charge in [-0.15, -0.1) is 0 Å². The van der Waals surface area contributed by atoms with Gasteiger partial charge in [-0.05, 0) is 29.3 Å². The molecule has 0 radical (unpaired) electrons. The van der Waals surface area contributed by atoms with Crippen LogP contribution in [0.3, 0.4) is 0 Å². The zero-order valence-corrected chi connectivity index (χ0v) is 13.0. The van der Waals surface area contributed by atoms with Crippen molar-refractivity contribution >= 4 is 27.5 Å². The number of benzene rings is 1. The van der Waals surface area contributed by atoms with Gasteiger partial charge in [0.2, 0.25) is 0 Å². The van der Waals surface area contributed by atoms with Crippen LogP contribution in [0.25, 0.3) is 0 Å². The first kappa shape index (κ1) is 13.3. The minimum atomic E-state index is -0.0694. The summed E-state index contributed by atoms with van der Waals surface area (Å²) in [7, 11) is 0. The first-order valence-electron chi connectivity index (χ1n) is 6.65. The van der Waals surface area contributed by atoms with Crippen LogP contribution >= 0.6 is 15.9 Å². The Labute approximate surface area is 125 Å². The Morgan fingerprint density at radius 3 is 2.15 bits per heavy atom. The van der Waals surface area contributed by atoms with E-state index in [4.69, 9.17) is 0 Å². The topological polar surface area (TPSA) is 39.1 Å². The lowest BCUT2D eigenvalue weighted by Crippen LogP contribution is -2.20. The minimum absolute atomic E-state index is 0.0525. The molecule has 1 aromatic heterocycles. The maximum Gasteiger partial charge on any atom is 0.197 e. The fourth-order valence-electron chi connectivity index (χ4n) is 2.82. The number of rotatable bonds is 2. The molecule has 0 unspecified atom stereocenters. The Balaban J connectivity index is 2.31. The lowest BCUT2D eigenvalue weighted by atomic mass is 9.85. The molecular weight excluding hydrogens is 318 g/mol. The van der Waals surface area contributed by atoms with Gasteiger partial charge in [0.15, 0.2) is 11.6 Å². The van der Waals surface area contributed by atoms with Gasteiger partial charge in [-0.3, -0.25) is 9.59 Å². The second kappa shape index (κ2) is 4.70. The lowest BCUT2D eigenvalue weighted by Gasteiger charge is -2.14. The van der Waals surface area contributed by atoms with Crippen molar-refractivity contribution in [2.75, 3.05) is 0 Å². The molecule has 1 heterocycles. The van der Waals surface area contributed by atoms with Gasteiger partial charge in [-0.25, -0.2) is 0 Å². The summed E-state index contributed by atoms with van der Waals surface area (Å²) in [6, 6.07) is 7.03. The fraction of sp³-hybridized carbons (Fsp3) is 0.250. The highest BCUT2D eigenvalue weighted by Crippen LogP contribution is 2.36. The largest absolute Gasteiger partial charge is 0.338 e. The third kappa shape index (κ3) is 1.64. The summed E-state index contributed by atoms with van der Waals surface area (Å²) < 4.78 is 2.73. The first-order valence-corrected chi connectivity index (χ1v) is 7.44. The molecule has 3 rings (SSSR count). The van der Waals surface area contributed by atoms with Gasteiger partial charge in [-0.1, -0.05) is 31.2 Å². The van der Waals surface area contributed by atoms with Gasteiger partial charge >= 0.3 is 0 Å². The number of fused-ring (bicyclic) bond motifs is 2. The average Bonchev–Trinajstić information content (AvgIpc) is 2.70. The number of aromatic nitrogens is 1. The van der Waals surface area contributed by atoms with Crippen LogP contribution < -0.4 is 0 Å². The van der Waals surface area contributed by atoms with Crippen LogP contribution in [-0.4, -0.2) is 16.1 Å². The normalized spacial score (nSPS) is 13.3. The summed E-state index contributed by atoms with van der Waals surface area (Å²) in [4.78, 5) is 25.3. The third-order valence-corrected chi connectivity index (χ3v) is 4.60. The standard InChI is InChI=1S/C16H14BrNO2/c1-3-8-18-9(2)12-13(16(18)17)15(20)11-7-5-4-6-10(11)14(12)19/h4-7H,3,8H2,1-2H3. The monoisotopic (exact) mass is 331 g/mol. The molecule has 1 aliphatic carbocycles. The van der Waals surface area contributed by atoms with Crippen molar-refractivity contribution in [1.29, 1.82) is 0 Å². The van der Waals surface area contributed by atoms with Crippen molar-refractivity contribution in [3.8, 4) is 0 Å². The van der Waals surface area contributed by atoms with E-state index in [-0.39, 0.29) is 11.6 Å². The molecule has 0 bridgehead atoms. The Kier molecular flexibility index (Phi) is 3.13. The number of halogens is 1. The van der Waals surface area contributed by atoms with Gasteiger partial charge in [0.05, 0.1) is 15.7 Å². The highest BCUT2D eigenvalue weighted by molar-refractivity contribution is 9.10. The maximum absolute atomic E-state index is 12.7. The van der Waals surface area contributed by atoms with Crippen LogP contribution in [0.4, 0.5) is 0 Å². The zero-order chi connectivity index (χ0) is 14.4. The summed E-state index contributed by atoms with van der Waals surface area (Å²) >= 11 is 3.50. The van der Waals surface area contributed by atoms with Crippen LogP contribution in [0.2, 0.25) is 0 Å². The predicted molar refractivity (Wildman–Crippen MR) is 80.5 cm³/mol. The van der Waals surface area contributed by atoms with Crippen LogP contribution in [0.5, 0.6) is 0 Å². The number of carbonyl (C=O) groups excluding carboxylic acids is 2. The van der Waals surface area contributed by atoms with Gasteiger partial charge in [0.1, 0.15) is 0 Å². The summed E-state index contributed by atoms with van der Waals surface area (Å²) in [6.07, 6.45) is 0.947. The van der Waals surface area contributed by atoms with E-state index in [0.717, 1.165) is 23.3 Å². The number of hydrogen-bond donors (Lipinski definition) is 0. The van der Waals surface area contributed by atoms with E-state index in [1.807, 2.05) is 11.5 Å². The van der Waals surface area contributed by atoms with Gasteiger partial charge in [0.25, 0.3) is 0 Å². The molecule has 2 aromatic rings. The number of hydrogen-bond acceptors (Lipinski definition) is 2. The molecule has 4 heteroatoms. The maximum atomic E-state index is 12.7. The molecule has 0 aliphatic heterocycles. The van der Waals surface area contributed by atoms with Gasteiger partial charge in [0, 0.05) is 23.4 Å². The van der Waals surface area contributed by atoms with Crippen LogP contribution in [0.15, 0.2) is 28.9 Å². The summed E-state index contributed by atoms with van der Waals surface area (Å²) in [6.45, 7) is 4.76. The Morgan fingerprint density at radius 1 is 1.05 bits per heavy atom. The molecule has 0 saturated carbocycles. The SMILES string of the molecule is CCCn1c(C)c2c(c1Br)C(=O)c1ccccc1C2=O. The van der Waals surface area contributed by atoms with Gasteiger partial charge in [-0.2, -0.15) is 0 Å². The Morgan fingerprint density at radius 2 is 1.60 bits per heavy atom. The van der Waals surface area contributed by atoms with E-state index in [0.29, 0.717) is 22.3 Å². The molecule has 0 amide bonds. The van der Waals surface area contributed by atoms with E-state index < -0.39 is 0 Å². The smallest absolute Gasteiger partial charge is 0.197 e. The highest BCUT2D eigenvalue weighted by atomic mass is 79.9. The average molecular weight is 332 g/mol. The molecular formula is C16H14BrNO2. The zero-order valence-electron chi connectivity index (χ0n) is 11.4. The molecule has 0 N–H and O–H groups in total. The minimum Gasteiger partial charge on any atom is -0.338 e. The molecule has 1 aromatic carbocycles. The summed E-state index contributed by atoms with van der Waals surface area (Å²) in [5, 5.41) is 0. The summed E-state index contributed by atoms with van der Waals surface area (Å²) in [5.41, 5.74) is 2.93. The van der Waals surface area contributed by atoms with E-state index >= 15 is 0 Å². The lowest BCUT2D eigenvalue weighted by molar-refractivity contribution is 0.0979. The second-order valence-corrected chi connectivity index (χ2v) is 5.73. The molecule has 0 saturated heterocycles. The van der Waals surface area contributed by atoms with E-state index in [2.05, 4.69) is 22.9 Å². The first-order chi connectivity index (χ1) is 9.57. The van der Waals surface area contributed by atoms with E-state index in [1.165, 1.54) is 0 Å². The molecule has 0 fully saturated rings. The van der Waals surface area contributed by atoms with Crippen molar-refractivity contribution in [1.82, 2.24) is 4.57 Å². The Hall–Kier alpha value is -1.68. The number of carbonyl (C=O) groups is 2. The molecule has 3 nitrogen and oxygen atoms in total. The molecule has 102 valence electrons. The quantitative estimate of drug-likeness (QED) is 0.717. The fourth-order valence-corrected chi connectivity index (χ4v) is 3.65. The van der Waals surface area contributed by atoms with Crippen molar-refractivity contribution in [2.45, 2.75) is 26.8 Å². The van der Waals surface area contributed by atoms with Crippen molar-refractivity contribution in [3.05, 3.63) is 56.8 Å². The van der Waals surface area contributed by atoms with Crippen molar-refractivity contribution in [3.63, 3.8) is 0 Å². The predicted octanol–water partition coefficient (Wildman–Crippen LogP) is 3.74. The van der Waals surface area contributed by atoms with Crippen LogP contribution in [0, 0.1) is 6.92 Å². The molecule has 0 spiro atoms. The van der Waals surface area contributed by atoms with Crippen LogP contribution in [0.1, 0.15) is 50.9 Å². The van der Waals surface area contributed by atoms with Crippen molar-refractivity contribution < 1.29 is 9.59 Å². The second-order valence-electron chi connectivity index (χ2n) is 4.98. The summed E-state index contributed by atoms with van der Waals surface area (Å²) in [5.74, 6) is -0.122. The molecule has 0 atom stereocenters.